The average Bonchev–Trinajstić information content (AvgIpc) is 2.74. The van der Waals surface area contributed by atoms with Crippen LogP contribution in [0.15, 0.2) is 77.8 Å². The molecule has 2 atom stereocenters. The first kappa shape index (κ1) is 18.5. The van der Waals surface area contributed by atoms with Crippen molar-refractivity contribution >= 4 is 5.71 Å². The molecule has 4 rings (SSSR count). The Morgan fingerprint density at radius 1 is 0.964 bits per heavy atom. The van der Waals surface area contributed by atoms with Crippen LogP contribution in [0, 0.1) is 6.92 Å². The fourth-order valence-electron chi connectivity index (χ4n) is 3.72. The molecule has 0 radical (unpaired) electrons. The summed E-state index contributed by atoms with van der Waals surface area (Å²) in [7, 11) is 0. The van der Waals surface area contributed by atoms with E-state index < -0.39 is 0 Å². The van der Waals surface area contributed by atoms with Crippen molar-refractivity contribution in [3.8, 4) is 5.75 Å². The summed E-state index contributed by atoms with van der Waals surface area (Å²) in [6, 6.07) is 24.7. The minimum absolute atomic E-state index is 0.00542. The fourth-order valence-corrected chi connectivity index (χ4v) is 3.72. The molecule has 0 fully saturated rings. The molecule has 0 saturated carbocycles. The molecule has 3 aromatic carbocycles. The van der Waals surface area contributed by atoms with Crippen LogP contribution in [-0.4, -0.2) is 10.8 Å². The fraction of sp³-hybridized carbons (Fsp3) is 0.240. The van der Waals surface area contributed by atoms with E-state index >= 15 is 0 Å². The first-order chi connectivity index (χ1) is 13.6. The van der Waals surface area contributed by atoms with Gasteiger partial charge in [0.25, 0.3) is 0 Å². The number of aryl methyl sites for hydroxylation is 2. The molecule has 142 valence electrons. The molecule has 1 aliphatic heterocycles. The van der Waals surface area contributed by atoms with Gasteiger partial charge in [-0.15, -0.1) is 0 Å². The molecule has 3 nitrogen and oxygen atoms in total. The van der Waals surface area contributed by atoms with Gasteiger partial charge in [0, 0.05) is 23.7 Å². The molecule has 2 N–H and O–H groups in total. The van der Waals surface area contributed by atoms with Gasteiger partial charge in [-0.25, -0.2) is 0 Å². The Hall–Kier alpha value is -2.91. The van der Waals surface area contributed by atoms with E-state index in [1.807, 2.05) is 18.2 Å². The SMILES string of the molecule is CCc1ccc(C2=N[C@H](c3ccc(C)cc3)NC(c3ccccc3O)C2)cc1. The third-order valence-electron chi connectivity index (χ3n) is 5.44. The summed E-state index contributed by atoms with van der Waals surface area (Å²) in [5.41, 5.74) is 6.82. The molecule has 0 bridgehead atoms. The van der Waals surface area contributed by atoms with Gasteiger partial charge in [0.15, 0.2) is 0 Å². The molecule has 1 unspecified atom stereocenters. The van der Waals surface area contributed by atoms with Crippen LogP contribution >= 0.6 is 0 Å². The van der Waals surface area contributed by atoms with E-state index in [2.05, 4.69) is 67.7 Å². The number of benzene rings is 3. The lowest BCUT2D eigenvalue weighted by atomic mass is 9.93. The van der Waals surface area contributed by atoms with E-state index in [1.165, 1.54) is 11.1 Å². The molecule has 0 spiro atoms. The molecule has 1 aliphatic rings. The van der Waals surface area contributed by atoms with Gasteiger partial charge in [-0.05, 0) is 36.1 Å². The molecule has 1 heterocycles. The van der Waals surface area contributed by atoms with E-state index in [0.717, 1.165) is 35.2 Å². The van der Waals surface area contributed by atoms with Crippen molar-refractivity contribution in [3.63, 3.8) is 0 Å². The van der Waals surface area contributed by atoms with Crippen LogP contribution in [0.5, 0.6) is 5.75 Å². The third kappa shape index (κ3) is 3.85. The van der Waals surface area contributed by atoms with Gasteiger partial charge in [0.1, 0.15) is 11.9 Å². The number of phenolic OH excluding ortho intramolecular Hbond substituents is 1. The second-order valence-corrected chi connectivity index (χ2v) is 7.42. The van der Waals surface area contributed by atoms with E-state index in [-0.39, 0.29) is 12.2 Å². The monoisotopic (exact) mass is 370 g/mol. The molecule has 0 aliphatic carbocycles. The Labute approximate surface area is 166 Å². The zero-order chi connectivity index (χ0) is 19.5. The van der Waals surface area contributed by atoms with Crippen molar-refractivity contribution in [2.75, 3.05) is 0 Å². The first-order valence-electron chi connectivity index (χ1n) is 9.90. The number of rotatable bonds is 4. The standard InChI is InChI=1S/C25H26N2O/c1-3-18-10-14-19(15-11-18)22-16-23(21-6-4-5-7-24(21)28)27-25(26-22)20-12-8-17(2)9-13-20/h4-15,23,25,27-28H,3,16H2,1-2H3/t23?,25-/m0/s1. The summed E-state index contributed by atoms with van der Waals surface area (Å²) < 4.78 is 0. The largest absolute Gasteiger partial charge is 0.508 e. The molecular formula is C25H26N2O. The molecular weight excluding hydrogens is 344 g/mol. The topological polar surface area (TPSA) is 44.6 Å². The number of nitrogens with zero attached hydrogens (tertiary/aromatic N) is 1. The van der Waals surface area contributed by atoms with Crippen LogP contribution in [0.25, 0.3) is 0 Å². The molecule has 0 saturated heterocycles. The van der Waals surface area contributed by atoms with Gasteiger partial charge in [0.2, 0.25) is 0 Å². The normalized spacial score (nSPS) is 19.3. The molecule has 3 aromatic rings. The van der Waals surface area contributed by atoms with Crippen molar-refractivity contribution in [2.45, 2.75) is 38.9 Å². The van der Waals surface area contributed by atoms with E-state index in [9.17, 15) is 5.11 Å². The number of hydrogen-bond donors (Lipinski definition) is 2. The molecule has 3 heteroatoms. The lowest BCUT2D eigenvalue weighted by Crippen LogP contribution is -2.33. The highest BCUT2D eigenvalue weighted by Gasteiger charge is 2.27. The van der Waals surface area contributed by atoms with Crippen molar-refractivity contribution in [3.05, 3.63) is 101 Å². The van der Waals surface area contributed by atoms with E-state index in [0.29, 0.717) is 5.75 Å². The number of para-hydroxylation sites is 1. The average molecular weight is 370 g/mol. The summed E-state index contributed by atoms with van der Waals surface area (Å²) >= 11 is 0. The van der Waals surface area contributed by atoms with Crippen molar-refractivity contribution in [1.82, 2.24) is 5.32 Å². The Morgan fingerprint density at radius 2 is 1.68 bits per heavy atom. The van der Waals surface area contributed by atoms with Gasteiger partial charge in [0.05, 0.1) is 0 Å². The van der Waals surface area contributed by atoms with Crippen LogP contribution in [0.4, 0.5) is 0 Å². The van der Waals surface area contributed by atoms with Crippen molar-refractivity contribution < 1.29 is 5.11 Å². The summed E-state index contributed by atoms with van der Waals surface area (Å²) in [5, 5.41) is 14.0. The Kier molecular flexibility index (Phi) is 5.27. The minimum Gasteiger partial charge on any atom is -0.508 e. The Bertz CT molecular complexity index is 974. The number of hydrogen-bond acceptors (Lipinski definition) is 3. The summed E-state index contributed by atoms with van der Waals surface area (Å²) in [5.74, 6) is 0.324. The van der Waals surface area contributed by atoms with Crippen LogP contribution in [0.1, 0.15) is 53.4 Å². The summed E-state index contributed by atoms with van der Waals surface area (Å²) in [6.07, 6.45) is 1.63. The second-order valence-electron chi connectivity index (χ2n) is 7.42. The maximum absolute atomic E-state index is 10.4. The van der Waals surface area contributed by atoms with Crippen LogP contribution in [0.3, 0.4) is 0 Å². The molecule has 28 heavy (non-hydrogen) atoms. The zero-order valence-electron chi connectivity index (χ0n) is 16.4. The van der Waals surface area contributed by atoms with Gasteiger partial charge >= 0.3 is 0 Å². The lowest BCUT2D eigenvalue weighted by molar-refractivity contribution is 0.412. The predicted octanol–water partition coefficient (Wildman–Crippen LogP) is 5.49. The molecule has 0 aromatic heterocycles. The predicted molar refractivity (Wildman–Crippen MR) is 115 cm³/mol. The van der Waals surface area contributed by atoms with E-state index in [4.69, 9.17) is 4.99 Å². The van der Waals surface area contributed by atoms with Gasteiger partial charge in [-0.2, -0.15) is 0 Å². The lowest BCUT2D eigenvalue weighted by Gasteiger charge is -2.31. The number of nitrogens with one attached hydrogen (secondary N) is 1. The zero-order valence-corrected chi connectivity index (χ0v) is 16.4. The maximum Gasteiger partial charge on any atom is 0.126 e. The third-order valence-corrected chi connectivity index (χ3v) is 5.44. The van der Waals surface area contributed by atoms with Crippen molar-refractivity contribution in [2.24, 2.45) is 4.99 Å². The second kappa shape index (κ2) is 7.99. The highest BCUT2D eigenvalue weighted by Crippen LogP contribution is 2.34. The summed E-state index contributed by atoms with van der Waals surface area (Å²) in [6.45, 7) is 4.26. The van der Waals surface area contributed by atoms with Crippen molar-refractivity contribution in [1.29, 1.82) is 0 Å². The quantitative estimate of drug-likeness (QED) is 0.638. The van der Waals surface area contributed by atoms with Crippen LogP contribution in [0.2, 0.25) is 0 Å². The highest BCUT2D eigenvalue weighted by molar-refractivity contribution is 6.01. The number of phenols is 1. The van der Waals surface area contributed by atoms with Gasteiger partial charge in [-0.1, -0.05) is 79.2 Å². The van der Waals surface area contributed by atoms with E-state index in [1.54, 1.807) is 6.07 Å². The smallest absolute Gasteiger partial charge is 0.126 e. The van der Waals surface area contributed by atoms with Gasteiger partial charge in [-0.3, -0.25) is 10.3 Å². The number of aromatic hydroxyl groups is 1. The Balaban J connectivity index is 1.73. The number of aliphatic imine (C=N–C) groups is 1. The van der Waals surface area contributed by atoms with Gasteiger partial charge < -0.3 is 5.11 Å². The van der Waals surface area contributed by atoms with Crippen LogP contribution < -0.4 is 5.32 Å². The summed E-state index contributed by atoms with van der Waals surface area (Å²) in [4.78, 5) is 5.04. The Morgan fingerprint density at radius 3 is 2.36 bits per heavy atom. The maximum atomic E-state index is 10.4. The van der Waals surface area contributed by atoms with Crippen LogP contribution in [-0.2, 0) is 6.42 Å². The minimum atomic E-state index is -0.139. The first-order valence-corrected chi connectivity index (χ1v) is 9.90. The molecule has 0 amide bonds. The highest BCUT2D eigenvalue weighted by atomic mass is 16.3.